The number of Topliss-reactive ketones (excluding diaryl/α,β-unsaturated/α-hetero) is 1. The molecule has 0 fully saturated rings. The number of nitrogens with one attached hydrogen (secondary N) is 2. The van der Waals surface area contributed by atoms with E-state index < -0.39 is 5.91 Å². The summed E-state index contributed by atoms with van der Waals surface area (Å²) in [5, 5.41) is 14.9. The van der Waals surface area contributed by atoms with Gasteiger partial charge in [-0.25, -0.2) is 0 Å². The van der Waals surface area contributed by atoms with Crippen molar-refractivity contribution in [2.24, 2.45) is 0 Å². The lowest BCUT2D eigenvalue weighted by atomic mass is 10.1. The third-order valence-corrected chi connectivity index (χ3v) is 4.07. The summed E-state index contributed by atoms with van der Waals surface area (Å²) in [5.74, 6) is -0.560. The number of amides is 1. The fourth-order valence-corrected chi connectivity index (χ4v) is 2.44. The normalized spacial score (nSPS) is 10.8. The summed E-state index contributed by atoms with van der Waals surface area (Å²) in [4.78, 5) is 23.5. The van der Waals surface area contributed by atoms with Crippen LogP contribution in [0.15, 0.2) is 60.3 Å². The molecule has 2 N–H and O–H groups in total. The molecule has 0 radical (unpaired) electrons. The molecule has 0 aliphatic carbocycles. The van der Waals surface area contributed by atoms with E-state index in [2.05, 4.69) is 17.6 Å². The van der Waals surface area contributed by atoms with Crippen molar-refractivity contribution in [3.63, 3.8) is 0 Å². The van der Waals surface area contributed by atoms with Crippen molar-refractivity contribution in [2.75, 3.05) is 10.6 Å². The van der Waals surface area contributed by atoms with E-state index in [9.17, 15) is 14.9 Å². The van der Waals surface area contributed by atoms with Gasteiger partial charge < -0.3 is 10.6 Å². The number of nitriles is 1. The van der Waals surface area contributed by atoms with E-state index >= 15 is 0 Å². The Labute approximate surface area is 159 Å². The highest BCUT2D eigenvalue weighted by molar-refractivity contribution is 6.07. The van der Waals surface area contributed by atoms with Crippen molar-refractivity contribution in [3.05, 3.63) is 71.4 Å². The minimum Gasteiger partial charge on any atom is -0.360 e. The Balaban J connectivity index is 1.99. The van der Waals surface area contributed by atoms with E-state index in [0.29, 0.717) is 11.3 Å². The molecule has 0 aromatic heterocycles. The lowest BCUT2D eigenvalue weighted by Gasteiger charge is -2.06. The monoisotopic (exact) mass is 361 g/mol. The van der Waals surface area contributed by atoms with Gasteiger partial charge in [0.05, 0.1) is 0 Å². The van der Waals surface area contributed by atoms with Crippen molar-refractivity contribution in [1.29, 1.82) is 5.26 Å². The summed E-state index contributed by atoms with van der Waals surface area (Å²) in [6.45, 7) is 3.64. The minimum atomic E-state index is -0.514. The third-order valence-electron chi connectivity index (χ3n) is 4.07. The molecule has 2 rings (SSSR count). The minimum absolute atomic E-state index is 0.0410. The summed E-state index contributed by atoms with van der Waals surface area (Å²) >= 11 is 0. The van der Waals surface area contributed by atoms with Gasteiger partial charge in [0.1, 0.15) is 11.6 Å². The van der Waals surface area contributed by atoms with Crippen LogP contribution in [0.3, 0.4) is 0 Å². The average molecular weight is 361 g/mol. The van der Waals surface area contributed by atoms with Crippen LogP contribution in [0.1, 0.15) is 42.6 Å². The van der Waals surface area contributed by atoms with Gasteiger partial charge in [0.15, 0.2) is 5.78 Å². The van der Waals surface area contributed by atoms with Gasteiger partial charge in [-0.1, -0.05) is 25.5 Å². The Morgan fingerprint density at radius 1 is 1.04 bits per heavy atom. The first kappa shape index (κ1) is 19.9. The smallest absolute Gasteiger partial charge is 0.267 e. The molecule has 0 unspecified atom stereocenters. The van der Waals surface area contributed by atoms with Crippen LogP contribution in [0, 0.1) is 11.3 Å². The van der Waals surface area contributed by atoms with Gasteiger partial charge in [-0.15, -0.1) is 0 Å². The topological polar surface area (TPSA) is 82.0 Å². The quantitative estimate of drug-likeness (QED) is 0.406. The number of nitrogens with zero attached hydrogens (tertiary/aromatic N) is 1. The molecule has 0 atom stereocenters. The molecule has 0 aliphatic rings. The van der Waals surface area contributed by atoms with Crippen LogP contribution in [-0.2, 0) is 11.2 Å². The zero-order chi connectivity index (χ0) is 19.6. The van der Waals surface area contributed by atoms with Crippen LogP contribution in [0.25, 0.3) is 0 Å². The van der Waals surface area contributed by atoms with E-state index in [0.717, 1.165) is 24.9 Å². The van der Waals surface area contributed by atoms with Gasteiger partial charge in [-0.3, -0.25) is 9.59 Å². The van der Waals surface area contributed by atoms with Crippen molar-refractivity contribution < 1.29 is 9.59 Å². The van der Waals surface area contributed by atoms with Gasteiger partial charge in [-0.05, 0) is 61.7 Å². The first-order chi connectivity index (χ1) is 13.0. The summed E-state index contributed by atoms with van der Waals surface area (Å²) in [7, 11) is 0. The Bertz CT molecular complexity index is 860. The van der Waals surface area contributed by atoms with E-state index in [1.165, 1.54) is 18.7 Å². The highest BCUT2D eigenvalue weighted by atomic mass is 16.1. The van der Waals surface area contributed by atoms with E-state index in [-0.39, 0.29) is 11.4 Å². The molecule has 0 aliphatic heterocycles. The average Bonchev–Trinajstić information content (AvgIpc) is 2.68. The van der Waals surface area contributed by atoms with Crippen LogP contribution in [-0.4, -0.2) is 11.7 Å². The van der Waals surface area contributed by atoms with Crippen LogP contribution in [0.5, 0.6) is 0 Å². The molecule has 0 saturated heterocycles. The van der Waals surface area contributed by atoms with Crippen molar-refractivity contribution in [2.45, 2.75) is 33.1 Å². The molecular formula is C22H23N3O2. The summed E-state index contributed by atoms with van der Waals surface area (Å²) < 4.78 is 0. The number of benzene rings is 2. The molecule has 2 aromatic rings. The van der Waals surface area contributed by atoms with Crippen molar-refractivity contribution in [1.82, 2.24) is 0 Å². The summed E-state index contributed by atoms with van der Waals surface area (Å²) in [5.41, 5.74) is 3.11. The molecule has 0 saturated carbocycles. The maximum atomic E-state index is 12.2. The Hall–Kier alpha value is -3.39. The van der Waals surface area contributed by atoms with Gasteiger partial charge >= 0.3 is 0 Å². The predicted octanol–water partition coefficient (Wildman–Crippen LogP) is 4.69. The molecule has 0 spiro atoms. The van der Waals surface area contributed by atoms with E-state index in [4.69, 9.17) is 0 Å². The Morgan fingerprint density at radius 2 is 1.67 bits per heavy atom. The lowest BCUT2D eigenvalue weighted by molar-refractivity contribution is -0.112. The molecule has 0 heterocycles. The fraction of sp³-hybridized carbons (Fsp3) is 0.227. The second-order valence-corrected chi connectivity index (χ2v) is 6.20. The SMILES string of the molecule is CCCCc1ccc(N/C=C(/C#N)C(=O)Nc2ccc(C(C)=O)cc2)cc1. The highest BCUT2D eigenvalue weighted by Crippen LogP contribution is 2.14. The van der Waals surface area contributed by atoms with E-state index in [1.54, 1.807) is 24.3 Å². The maximum absolute atomic E-state index is 12.2. The second-order valence-electron chi connectivity index (χ2n) is 6.20. The number of carbonyl (C=O) groups excluding carboxylic acids is 2. The highest BCUT2D eigenvalue weighted by Gasteiger charge is 2.09. The standard InChI is InChI=1S/C22H23N3O2/c1-3-4-5-17-6-10-20(11-7-17)24-15-19(14-23)22(27)25-21-12-8-18(9-13-21)16(2)26/h6-13,15,24H,3-5H2,1-2H3,(H,25,27)/b19-15-. The van der Waals surface area contributed by atoms with Crippen LogP contribution in [0.2, 0.25) is 0 Å². The number of ketones is 1. The molecule has 27 heavy (non-hydrogen) atoms. The maximum Gasteiger partial charge on any atom is 0.267 e. The third kappa shape index (κ3) is 6.12. The molecule has 1 amide bonds. The Morgan fingerprint density at radius 3 is 2.22 bits per heavy atom. The number of hydrogen-bond donors (Lipinski definition) is 2. The van der Waals surface area contributed by atoms with E-state index in [1.807, 2.05) is 30.3 Å². The first-order valence-electron chi connectivity index (χ1n) is 8.91. The summed E-state index contributed by atoms with van der Waals surface area (Å²) in [6.07, 6.45) is 4.74. The Kier molecular flexibility index (Phi) is 7.33. The number of hydrogen-bond acceptors (Lipinski definition) is 4. The number of unbranched alkanes of at least 4 members (excludes halogenated alkanes) is 1. The first-order valence-corrected chi connectivity index (χ1v) is 8.91. The number of carbonyl (C=O) groups is 2. The number of aryl methyl sites for hydroxylation is 1. The molecule has 0 bridgehead atoms. The van der Waals surface area contributed by atoms with Gasteiger partial charge in [-0.2, -0.15) is 5.26 Å². The fourth-order valence-electron chi connectivity index (χ4n) is 2.44. The lowest BCUT2D eigenvalue weighted by Crippen LogP contribution is -2.14. The molecule has 5 nitrogen and oxygen atoms in total. The predicted molar refractivity (Wildman–Crippen MR) is 107 cm³/mol. The number of anilines is 2. The zero-order valence-corrected chi connectivity index (χ0v) is 15.6. The van der Waals surface area contributed by atoms with Gasteiger partial charge in [0.25, 0.3) is 5.91 Å². The second kappa shape index (κ2) is 9.93. The molecule has 5 heteroatoms. The van der Waals surface area contributed by atoms with Crippen molar-refractivity contribution in [3.8, 4) is 6.07 Å². The van der Waals surface area contributed by atoms with Gasteiger partial charge in [0.2, 0.25) is 0 Å². The summed E-state index contributed by atoms with van der Waals surface area (Å²) in [6, 6.07) is 16.3. The van der Waals surface area contributed by atoms with Crippen molar-refractivity contribution >= 4 is 23.1 Å². The molecule has 138 valence electrons. The van der Waals surface area contributed by atoms with Crippen LogP contribution in [0.4, 0.5) is 11.4 Å². The van der Waals surface area contributed by atoms with Crippen LogP contribution < -0.4 is 10.6 Å². The zero-order valence-electron chi connectivity index (χ0n) is 15.6. The molecule has 2 aromatic carbocycles. The van der Waals surface area contributed by atoms with Gasteiger partial charge in [0, 0.05) is 23.1 Å². The largest absolute Gasteiger partial charge is 0.360 e. The number of rotatable bonds is 8. The van der Waals surface area contributed by atoms with Crippen LogP contribution >= 0.6 is 0 Å². The molecular weight excluding hydrogens is 338 g/mol.